The molecule has 0 bridgehead atoms. The van der Waals surface area contributed by atoms with Crippen LogP contribution in [0.4, 0.5) is 4.79 Å². The van der Waals surface area contributed by atoms with Crippen molar-refractivity contribution >= 4 is 11.8 Å². The van der Waals surface area contributed by atoms with Crippen molar-refractivity contribution in [3.8, 4) is 5.75 Å². The predicted octanol–water partition coefficient (Wildman–Crippen LogP) is 3.79. The number of amides is 1. The molecule has 1 heterocycles. The molecule has 2 aliphatic carbocycles. The molecule has 3 rings (SSSR count). The molecule has 1 amide bonds. The van der Waals surface area contributed by atoms with Gasteiger partial charge in [0.1, 0.15) is 12.4 Å². The summed E-state index contributed by atoms with van der Waals surface area (Å²) in [5.41, 5.74) is 8.63. The minimum Gasteiger partial charge on any atom is -0.489 e. The second-order valence-corrected chi connectivity index (χ2v) is 9.23. The van der Waals surface area contributed by atoms with E-state index >= 15 is 0 Å². The number of likely N-dealkylation sites (N-methyl/N-ethyl adjacent to an activating group) is 1. The molecule has 0 spiro atoms. The van der Waals surface area contributed by atoms with Crippen LogP contribution in [0, 0.1) is 12.8 Å². The van der Waals surface area contributed by atoms with Crippen LogP contribution >= 0.6 is 0 Å². The van der Waals surface area contributed by atoms with Crippen LogP contribution in [-0.4, -0.2) is 53.8 Å². The summed E-state index contributed by atoms with van der Waals surface area (Å²) in [4.78, 5) is 18.8. The number of hydrazine groups is 1. The Morgan fingerprint density at radius 1 is 1.16 bits per heavy atom. The molecule has 1 unspecified atom stereocenters. The fourth-order valence-corrected chi connectivity index (χ4v) is 4.34. The number of nitrogens with zero attached hydrogens (tertiary/aromatic N) is 3. The van der Waals surface area contributed by atoms with E-state index in [2.05, 4.69) is 11.9 Å². The highest BCUT2D eigenvalue weighted by molar-refractivity contribution is 5.69. The van der Waals surface area contributed by atoms with Gasteiger partial charge in [0.2, 0.25) is 0 Å². The first-order chi connectivity index (χ1) is 15.3. The smallest absolute Gasteiger partial charge is 0.410 e. The van der Waals surface area contributed by atoms with Gasteiger partial charge in [0.05, 0.1) is 28.9 Å². The molecule has 0 aliphatic heterocycles. The lowest BCUT2D eigenvalue weighted by Gasteiger charge is -2.36. The Hall–Kier alpha value is -2.48. The van der Waals surface area contributed by atoms with Crippen molar-refractivity contribution in [1.82, 2.24) is 14.9 Å². The number of pyridine rings is 1. The highest BCUT2D eigenvalue weighted by Gasteiger charge is 2.30. The molecule has 0 saturated heterocycles. The molecule has 0 aromatic carbocycles. The van der Waals surface area contributed by atoms with Crippen molar-refractivity contribution in [2.75, 3.05) is 20.7 Å². The van der Waals surface area contributed by atoms with Gasteiger partial charge >= 0.3 is 6.09 Å². The molecule has 2 saturated carbocycles. The first-order valence-electron chi connectivity index (χ1n) is 11.8. The number of hydrogen-bond acceptors (Lipinski definition) is 7. The third kappa shape index (κ3) is 5.85. The van der Waals surface area contributed by atoms with Gasteiger partial charge in [-0.2, -0.15) is 0 Å². The fraction of sp³-hybridized carbons (Fsp3) is 0.667. The zero-order valence-electron chi connectivity index (χ0n) is 20.0. The summed E-state index contributed by atoms with van der Waals surface area (Å²) in [5, 5.41) is 1.38. The Balaban J connectivity index is 1.66. The summed E-state index contributed by atoms with van der Waals surface area (Å²) < 4.78 is 11.7. The first-order valence-corrected chi connectivity index (χ1v) is 11.8. The van der Waals surface area contributed by atoms with E-state index in [9.17, 15) is 4.79 Å². The molecular weight excluding hydrogens is 406 g/mol. The monoisotopic (exact) mass is 445 g/mol. The standard InChI is InChI=1S/C24H39N5O3/c1-16-22(32-19-11-6-5-7-12-19)14-13-20(27-16)23(25)21(29(4)26)15-31-24(30)28(3)17(2)18-9-8-10-18/h13-14,17-19H,5-12,15,25-26H2,1-4H3/b23-21-. The maximum Gasteiger partial charge on any atom is 0.410 e. The molecule has 2 fully saturated rings. The number of rotatable bonds is 8. The van der Waals surface area contributed by atoms with Crippen LogP contribution in [0.1, 0.15) is 69.7 Å². The fourth-order valence-electron chi connectivity index (χ4n) is 4.34. The van der Waals surface area contributed by atoms with Crippen LogP contribution in [0.25, 0.3) is 5.70 Å². The molecule has 8 nitrogen and oxygen atoms in total. The molecule has 1 atom stereocenters. The molecular formula is C24H39N5O3. The second kappa shape index (κ2) is 10.9. The average Bonchev–Trinajstić information content (AvgIpc) is 2.73. The van der Waals surface area contributed by atoms with E-state index in [-0.39, 0.29) is 24.8 Å². The quantitative estimate of drug-likeness (QED) is 0.463. The van der Waals surface area contributed by atoms with E-state index < -0.39 is 0 Å². The Bertz CT molecular complexity index is 816. The van der Waals surface area contributed by atoms with E-state index in [1.165, 1.54) is 30.7 Å². The van der Waals surface area contributed by atoms with E-state index in [0.29, 0.717) is 23.0 Å². The minimum absolute atomic E-state index is 0.0273. The lowest BCUT2D eigenvalue weighted by molar-refractivity contribution is 0.0769. The first kappa shape index (κ1) is 24.2. The Labute approximate surface area is 191 Å². The number of ether oxygens (including phenoxy) is 2. The second-order valence-electron chi connectivity index (χ2n) is 9.23. The Kier molecular flexibility index (Phi) is 8.23. The van der Waals surface area contributed by atoms with Crippen LogP contribution in [0.5, 0.6) is 5.75 Å². The third-order valence-corrected chi connectivity index (χ3v) is 6.96. The van der Waals surface area contributed by atoms with Gasteiger partial charge in [0, 0.05) is 20.1 Å². The van der Waals surface area contributed by atoms with Gasteiger partial charge in [-0.3, -0.25) is 0 Å². The van der Waals surface area contributed by atoms with Crippen molar-refractivity contribution in [3.05, 3.63) is 29.2 Å². The summed E-state index contributed by atoms with van der Waals surface area (Å²) in [6.07, 6.45) is 9.32. The van der Waals surface area contributed by atoms with Gasteiger partial charge < -0.3 is 25.1 Å². The highest BCUT2D eigenvalue weighted by atomic mass is 16.6. The Morgan fingerprint density at radius 3 is 2.41 bits per heavy atom. The lowest BCUT2D eigenvalue weighted by atomic mass is 9.80. The third-order valence-electron chi connectivity index (χ3n) is 6.96. The molecule has 2 aliphatic rings. The molecule has 32 heavy (non-hydrogen) atoms. The zero-order chi connectivity index (χ0) is 23.3. The van der Waals surface area contributed by atoms with Gasteiger partial charge in [0.25, 0.3) is 0 Å². The largest absolute Gasteiger partial charge is 0.489 e. The number of aromatic nitrogens is 1. The van der Waals surface area contributed by atoms with E-state index in [4.69, 9.17) is 21.1 Å². The van der Waals surface area contributed by atoms with E-state index in [1.807, 2.05) is 19.1 Å². The summed E-state index contributed by atoms with van der Waals surface area (Å²) in [6, 6.07) is 3.89. The molecule has 0 radical (unpaired) electrons. The van der Waals surface area contributed by atoms with Crippen LogP contribution < -0.4 is 16.3 Å². The van der Waals surface area contributed by atoms with Gasteiger partial charge in [-0.05, 0) is 70.4 Å². The zero-order valence-corrected chi connectivity index (χ0v) is 20.0. The summed E-state index contributed by atoms with van der Waals surface area (Å²) in [5.74, 6) is 7.34. The van der Waals surface area contributed by atoms with Crippen LogP contribution in [0.15, 0.2) is 17.8 Å². The van der Waals surface area contributed by atoms with Gasteiger partial charge in [0.15, 0.2) is 0 Å². The average molecular weight is 446 g/mol. The molecule has 1 aromatic rings. The maximum atomic E-state index is 12.6. The predicted molar refractivity (Wildman–Crippen MR) is 125 cm³/mol. The van der Waals surface area contributed by atoms with E-state index in [1.54, 1.807) is 19.0 Å². The van der Waals surface area contributed by atoms with E-state index in [0.717, 1.165) is 37.1 Å². The van der Waals surface area contributed by atoms with Gasteiger partial charge in [-0.15, -0.1) is 0 Å². The minimum atomic E-state index is -0.378. The number of carbonyl (C=O) groups excluding carboxylic acids is 1. The molecule has 4 N–H and O–H groups in total. The maximum absolute atomic E-state index is 12.6. The van der Waals surface area contributed by atoms with Crippen LogP contribution in [-0.2, 0) is 4.74 Å². The van der Waals surface area contributed by atoms with Gasteiger partial charge in [-0.25, -0.2) is 15.6 Å². The van der Waals surface area contributed by atoms with Crippen LogP contribution in [0.3, 0.4) is 0 Å². The summed E-state index contributed by atoms with van der Waals surface area (Å²) in [6.45, 7) is 3.95. The topological polar surface area (TPSA) is 107 Å². The molecule has 8 heteroatoms. The number of carbonyl (C=O) groups is 1. The van der Waals surface area contributed by atoms with Crippen molar-refractivity contribution in [3.63, 3.8) is 0 Å². The number of hydrogen-bond donors (Lipinski definition) is 2. The van der Waals surface area contributed by atoms with Crippen molar-refractivity contribution in [2.45, 2.75) is 77.4 Å². The SMILES string of the molecule is Cc1nc(/C(N)=C(\COC(=O)N(C)C(C)C2CCC2)N(C)N)ccc1OC1CCCCC1. The summed E-state index contributed by atoms with van der Waals surface area (Å²) in [7, 11) is 3.45. The van der Waals surface area contributed by atoms with Crippen molar-refractivity contribution in [2.24, 2.45) is 17.5 Å². The van der Waals surface area contributed by atoms with Gasteiger partial charge in [-0.1, -0.05) is 12.8 Å². The number of nitrogens with two attached hydrogens (primary N) is 2. The van der Waals surface area contributed by atoms with Crippen molar-refractivity contribution < 1.29 is 14.3 Å². The van der Waals surface area contributed by atoms with Crippen molar-refractivity contribution in [1.29, 1.82) is 0 Å². The molecule has 1 aromatic heterocycles. The Morgan fingerprint density at radius 2 is 1.84 bits per heavy atom. The van der Waals surface area contributed by atoms with Crippen LogP contribution in [0.2, 0.25) is 0 Å². The molecule has 178 valence electrons. The highest BCUT2D eigenvalue weighted by Crippen LogP contribution is 2.32. The number of aryl methyl sites for hydroxylation is 1. The normalized spacial score (nSPS) is 18.9. The lowest BCUT2D eigenvalue weighted by Crippen LogP contribution is -2.43. The summed E-state index contributed by atoms with van der Waals surface area (Å²) >= 11 is 0.